The number of hydrogen-bond donors (Lipinski definition) is 4. The second-order valence-electron chi connectivity index (χ2n) is 16.7. The van der Waals surface area contributed by atoms with E-state index in [1.807, 2.05) is 34.6 Å². The molecule has 11 nitrogen and oxygen atoms in total. The van der Waals surface area contributed by atoms with Crippen molar-refractivity contribution in [3.63, 3.8) is 0 Å². The van der Waals surface area contributed by atoms with Crippen molar-refractivity contribution in [3.8, 4) is 0 Å². The highest BCUT2D eigenvalue weighted by atomic mass is 32.2. The molecule has 0 aromatic rings. The normalized spacial score (nSPS) is 24.5. The lowest BCUT2D eigenvalue weighted by Gasteiger charge is -2.40. The predicted octanol–water partition coefficient (Wildman–Crippen LogP) is 4.51. The summed E-state index contributed by atoms with van der Waals surface area (Å²) < 4.78 is 12.9. The van der Waals surface area contributed by atoms with Crippen molar-refractivity contribution >= 4 is 40.3 Å². The first kappa shape index (κ1) is 40.0. The number of ketones is 1. The SMILES string of the molecule is C=CCNC(=O)C(=O)C(CC1CC1)NC(=O)[C@@H]1[C@@H](C(C)C)CCN1C(=O)[C@@H](NC(=O)NC1(CS(=O)C(C)(C)C)CCCCC1)C1CCCCC1. The van der Waals surface area contributed by atoms with Gasteiger partial charge < -0.3 is 26.2 Å². The van der Waals surface area contributed by atoms with Gasteiger partial charge in [0.2, 0.25) is 17.6 Å². The lowest BCUT2D eigenvalue weighted by molar-refractivity contribution is -0.144. The second kappa shape index (κ2) is 17.6. The Morgan fingerprint density at radius 2 is 1.56 bits per heavy atom. The van der Waals surface area contributed by atoms with Crippen molar-refractivity contribution in [3.05, 3.63) is 12.7 Å². The molecule has 5 amide bonds. The average molecular weight is 718 g/mol. The van der Waals surface area contributed by atoms with Gasteiger partial charge >= 0.3 is 6.03 Å². The molecule has 282 valence electrons. The summed E-state index contributed by atoms with van der Waals surface area (Å²) >= 11 is 0. The van der Waals surface area contributed by atoms with Gasteiger partial charge in [0.15, 0.2) is 0 Å². The maximum atomic E-state index is 14.7. The van der Waals surface area contributed by atoms with Gasteiger partial charge in [-0.2, -0.15) is 0 Å². The number of carbonyl (C=O) groups is 5. The first-order chi connectivity index (χ1) is 23.7. The number of hydrogen-bond acceptors (Lipinski definition) is 6. The van der Waals surface area contributed by atoms with E-state index in [0.29, 0.717) is 25.1 Å². The Kier molecular flexibility index (Phi) is 14.1. The van der Waals surface area contributed by atoms with E-state index in [1.165, 1.54) is 6.08 Å². The van der Waals surface area contributed by atoms with Crippen molar-refractivity contribution in [1.29, 1.82) is 0 Å². The van der Waals surface area contributed by atoms with Crippen LogP contribution < -0.4 is 21.3 Å². The molecule has 0 spiro atoms. The first-order valence-electron chi connectivity index (χ1n) is 19.2. The Balaban J connectivity index is 1.56. The minimum atomic E-state index is -1.17. The van der Waals surface area contributed by atoms with Gasteiger partial charge in [-0.3, -0.25) is 23.4 Å². The Bertz CT molecular complexity index is 1260. The van der Waals surface area contributed by atoms with Crippen LogP contribution in [0.4, 0.5) is 4.79 Å². The predicted molar refractivity (Wildman–Crippen MR) is 197 cm³/mol. The monoisotopic (exact) mass is 717 g/mol. The Labute approximate surface area is 302 Å². The highest BCUT2D eigenvalue weighted by Crippen LogP contribution is 2.36. The summed E-state index contributed by atoms with van der Waals surface area (Å²) in [5.41, 5.74) is -0.611. The van der Waals surface area contributed by atoms with Crippen LogP contribution in [0.5, 0.6) is 0 Å². The van der Waals surface area contributed by atoms with Gasteiger partial charge in [-0.15, -0.1) is 6.58 Å². The molecule has 1 saturated heterocycles. The van der Waals surface area contributed by atoms with Gasteiger partial charge in [0, 0.05) is 34.4 Å². The molecule has 12 heteroatoms. The van der Waals surface area contributed by atoms with Crippen LogP contribution in [0.1, 0.15) is 125 Å². The summed E-state index contributed by atoms with van der Waals surface area (Å²) in [6, 6.07) is -3.06. The summed E-state index contributed by atoms with van der Waals surface area (Å²) in [5, 5.41) is 11.8. The van der Waals surface area contributed by atoms with Gasteiger partial charge in [-0.1, -0.05) is 71.3 Å². The summed E-state index contributed by atoms with van der Waals surface area (Å²) in [5.74, 6) is -1.67. The number of urea groups is 1. The topological polar surface area (TPSA) is 154 Å². The van der Waals surface area contributed by atoms with Gasteiger partial charge in [-0.05, 0) is 83.0 Å². The molecule has 4 N–H and O–H groups in total. The molecule has 0 aromatic carbocycles. The van der Waals surface area contributed by atoms with Crippen molar-refractivity contribution in [2.75, 3.05) is 18.8 Å². The molecule has 4 aliphatic rings. The van der Waals surface area contributed by atoms with Crippen LogP contribution in [-0.4, -0.2) is 85.9 Å². The summed E-state index contributed by atoms with van der Waals surface area (Å²) in [7, 11) is -1.17. The molecule has 0 radical (unpaired) electrons. The van der Waals surface area contributed by atoms with Crippen molar-refractivity contribution < 1.29 is 28.2 Å². The molecule has 0 aromatic heterocycles. The van der Waals surface area contributed by atoms with Gasteiger partial charge in [0.1, 0.15) is 12.1 Å². The quantitative estimate of drug-likeness (QED) is 0.144. The number of likely N-dealkylation sites (tertiary alicyclic amines) is 1. The minimum absolute atomic E-state index is 0.0763. The molecule has 2 unspecified atom stereocenters. The van der Waals surface area contributed by atoms with Crippen molar-refractivity contribution in [2.45, 2.75) is 153 Å². The molecule has 3 aliphatic carbocycles. The van der Waals surface area contributed by atoms with Gasteiger partial charge in [0.05, 0.1) is 11.6 Å². The fourth-order valence-electron chi connectivity index (χ4n) is 8.13. The van der Waals surface area contributed by atoms with E-state index in [0.717, 1.165) is 77.0 Å². The molecule has 50 heavy (non-hydrogen) atoms. The number of carbonyl (C=O) groups excluding carboxylic acids is 5. The number of Topliss-reactive ketones (excluding diaryl/α,β-unsaturated/α-hetero) is 1. The van der Waals surface area contributed by atoms with E-state index < -0.39 is 62.8 Å². The van der Waals surface area contributed by atoms with Crippen LogP contribution in [0.15, 0.2) is 12.7 Å². The lowest BCUT2D eigenvalue weighted by atomic mass is 9.82. The van der Waals surface area contributed by atoms with E-state index in [9.17, 15) is 28.2 Å². The fourth-order valence-corrected chi connectivity index (χ4v) is 9.43. The molecule has 4 fully saturated rings. The largest absolute Gasteiger partial charge is 0.346 e. The second-order valence-corrected chi connectivity index (χ2v) is 18.9. The smallest absolute Gasteiger partial charge is 0.315 e. The third-order valence-corrected chi connectivity index (χ3v) is 13.5. The van der Waals surface area contributed by atoms with Crippen LogP contribution in [0.25, 0.3) is 0 Å². The summed E-state index contributed by atoms with van der Waals surface area (Å²) in [6.07, 6.45) is 13.4. The zero-order valence-corrected chi connectivity index (χ0v) is 32.0. The molecular weight excluding hydrogens is 655 g/mol. The van der Waals surface area contributed by atoms with E-state index in [-0.39, 0.29) is 36.1 Å². The van der Waals surface area contributed by atoms with E-state index >= 15 is 0 Å². The maximum Gasteiger partial charge on any atom is 0.315 e. The molecule has 5 atom stereocenters. The Morgan fingerprint density at radius 1 is 0.920 bits per heavy atom. The minimum Gasteiger partial charge on any atom is -0.346 e. The molecule has 4 rings (SSSR count). The van der Waals surface area contributed by atoms with Gasteiger partial charge in [-0.25, -0.2) is 4.79 Å². The number of rotatable bonds is 15. The zero-order chi connectivity index (χ0) is 36.6. The van der Waals surface area contributed by atoms with Crippen LogP contribution >= 0.6 is 0 Å². The van der Waals surface area contributed by atoms with E-state index in [2.05, 4.69) is 27.8 Å². The number of nitrogens with one attached hydrogen (secondary N) is 4. The van der Waals surface area contributed by atoms with Gasteiger partial charge in [0.25, 0.3) is 5.91 Å². The van der Waals surface area contributed by atoms with Crippen LogP contribution in [0, 0.1) is 23.7 Å². The molecule has 3 saturated carbocycles. The molecule has 1 aliphatic heterocycles. The van der Waals surface area contributed by atoms with E-state index in [1.54, 1.807) is 4.90 Å². The van der Waals surface area contributed by atoms with Crippen LogP contribution in [0.2, 0.25) is 0 Å². The zero-order valence-electron chi connectivity index (χ0n) is 31.2. The molecule has 1 heterocycles. The lowest BCUT2D eigenvalue weighted by Crippen LogP contribution is -2.62. The maximum absolute atomic E-state index is 14.7. The molecular formula is C38H63N5O6S. The third kappa shape index (κ3) is 10.6. The number of amides is 5. The first-order valence-corrected chi connectivity index (χ1v) is 20.5. The standard InChI is InChI=1S/C38H63N5O6S/c1-7-21-39-34(46)32(44)29(23-26-16-17-26)40-33(45)31-28(25(2)3)18-22-43(31)35(47)30(27-14-10-8-11-15-27)41-36(48)42-38(19-12-9-13-20-38)24-50(49)37(4,5)6/h7,25-31H,1,8-24H2,2-6H3,(H,39,46)(H,40,45)(H2,41,42,48)/t28-,29?,30+,31+,50?/m1/s1. The highest BCUT2D eigenvalue weighted by molar-refractivity contribution is 7.86. The van der Waals surface area contributed by atoms with Crippen LogP contribution in [-0.2, 0) is 30.0 Å². The summed E-state index contributed by atoms with van der Waals surface area (Å²) in [6.45, 7) is 14.0. The van der Waals surface area contributed by atoms with Crippen molar-refractivity contribution in [1.82, 2.24) is 26.2 Å². The molecule has 0 bridgehead atoms. The summed E-state index contributed by atoms with van der Waals surface area (Å²) in [4.78, 5) is 70.3. The Hall–Kier alpha value is -2.76. The fraction of sp³-hybridized carbons (Fsp3) is 0.816. The average Bonchev–Trinajstić information content (AvgIpc) is 3.78. The van der Waals surface area contributed by atoms with E-state index in [4.69, 9.17) is 0 Å². The van der Waals surface area contributed by atoms with Crippen molar-refractivity contribution in [2.24, 2.45) is 23.7 Å². The van der Waals surface area contributed by atoms with Crippen LogP contribution in [0.3, 0.4) is 0 Å². The third-order valence-electron chi connectivity index (χ3n) is 11.3. The number of nitrogens with zero attached hydrogens (tertiary/aromatic N) is 1. The Morgan fingerprint density at radius 3 is 2.14 bits per heavy atom. The highest BCUT2D eigenvalue weighted by Gasteiger charge is 2.48.